The van der Waals surface area contributed by atoms with Crippen LogP contribution in [0.1, 0.15) is 73.1 Å². The van der Waals surface area contributed by atoms with Crippen molar-refractivity contribution in [3.63, 3.8) is 0 Å². The Balaban J connectivity index is 1.31. The molecule has 4 fully saturated rings. The number of carbonyl (C=O) groups is 4. The first-order valence-electron chi connectivity index (χ1n) is 16.1. The van der Waals surface area contributed by atoms with Gasteiger partial charge < -0.3 is 35.3 Å². The van der Waals surface area contributed by atoms with E-state index in [1.54, 1.807) is 33.0 Å². The Hall–Kier alpha value is -2.44. The number of aliphatic hydroxyl groups excluding tert-OH is 1. The summed E-state index contributed by atoms with van der Waals surface area (Å²) in [7, 11) is 1.66. The van der Waals surface area contributed by atoms with Gasteiger partial charge in [0.05, 0.1) is 18.2 Å². The highest BCUT2D eigenvalue weighted by Crippen LogP contribution is 2.69. The predicted molar refractivity (Wildman–Crippen MR) is 161 cm³/mol. The molecule has 44 heavy (non-hydrogen) atoms. The summed E-state index contributed by atoms with van der Waals surface area (Å²) in [5.74, 6) is -0.869. The summed E-state index contributed by atoms with van der Waals surface area (Å²) in [6.45, 7) is 9.00. The zero-order valence-electron chi connectivity index (χ0n) is 26.8. The van der Waals surface area contributed by atoms with Crippen molar-refractivity contribution in [2.75, 3.05) is 20.4 Å². The molecule has 0 aromatic heterocycles. The van der Waals surface area contributed by atoms with E-state index in [9.17, 15) is 24.3 Å². The highest BCUT2D eigenvalue weighted by Gasteiger charge is 2.75. The molecule has 4 N–H and O–H groups in total. The van der Waals surface area contributed by atoms with Gasteiger partial charge in [0.2, 0.25) is 11.8 Å². The summed E-state index contributed by atoms with van der Waals surface area (Å²) < 4.78 is 18.8. The van der Waals surface area contributed by atoms with Crippen molar-refractivity contribution in [2.45, 2.75) is 109 Å². The van der Waals surface area contributed by atoms with Gasteiger partial charge in [-0.2, -0.15) is 0 Å². The highest BCUT2D eigenvalue weighted by atomic mass is 16.7. The van der Waals surface area contributed by atoms with E-state index in [-0.39, 0.29) is 48.6 Å². The number of Topliss-reactive ketones (excluding diaryl/α,β-unsaturated/α-hetero) is 1. The van der Waals surface area contributed by atoms with Crippen molar-refractivity contribution < 1.29 is 38.5 Å². The summed E-state index contributed by atoms with van der Waals surface area (Å²) >= 11 is 0. The van der Waals surface area contributed by atoms with Gasteiger partial charge in [-0.25, -0.2) is 0 Å². The molecule has 11 atom stereocenters. The number of ether oxygens (including phenoxy) is 3. The molecular formula is C33H49N3O8. The molecule has 0 bridgehead atoms. The lowest BCUT2D eigenvalue weighted by Crippen LogP contribution is -2.63. The Morgan fingerprint density at radius 1 is 1.18 bits per heavy atom. The molecule has 0 aromatic rings. The maximum Gasteiger partial charge on any atom is 0.244 e. The zero-order chi connectivity index (χ0) is 32.0. The normalized spacial score (nSPS) is 40.2. The molecule has 5 rings (SSSR count). The summed E-state index contributed by atoms with van der Waals surface area (Å²) in [6.07, 6.45) is 7.74. The third-order valence-corrected chi connectivity index (χ3v) is 11.4. The second-order valence-corrected chi connectivity index (χ2v) is 13.8. The average molecular weight is 616 g/mol. The summed E-state index contributed by atoms with van der Waals surface area (Å²) in [5, 5.41) is 19.9. The monoisotopic (exact) mass is 615 g/mol. The lowest BCUT2D eigenvalue weighted by Gasteiger charge is -2.59. The SMILES string of the molecule is CCCC1O[C@@H]2C[C@H]3[C@@H]4CCC5=CC(=O)C=C[C@]5(C)[C@H]4[C@@H](O)C[C@]3(C)[C@]2(C(=O)COCNC(=O)[C@H](C)NC(=O)[C@H](C)NC)O1. The van der Waals surface area contributed by atoms with Crippen molar-refractivity contribution in [1.29, 1.82) is 0 Å². The Morgan fingerprint density at radius 3 is 2.64 bits per heavy atom. The number of nitrogens with one attached hydrogen (secondary N) is 3. The molecule has 244 valence electrons. The number of rotatable bonds is 11. The zero-order valence-corrected chi connectivity index (χ0v) is 26.8. The molecule has 0 radical (unpaired) electrons. The van der Waals surface area contributed by atoms with Crippen LogP contribution in [0.5, 0.6) is 0 Å². The van der Waals surface area contributed by atoms with Gasteiger partial charge >= 0.3 is 0 Å². The van der Waals surface area contributed by atoms with Crippen LogP contribution in [0.3, 0.4) is 0 Å². The smallest absolute Gasteiger partial charge is 0.244 e. The van der Waals surface area contributed by atoms with E-state index in [0.717, 1.165) is 24.8 Å². The van der Waals surface area contributed by atoms with E-state index in [2.05, 4.69) is 29.8 Å². The van der Waals surface area contributed by atoms with Crippen molar-refractivity contribution in [1.82, 2.24) is 16.0 Å². The van der Waals surface area contributed by atoms with E-state index < -0.39 is 52.9 Å². The minimum absolute atomic E-state index is 0.00596. The first-order chi connectivity index (χ1) is 20.8. The van der Waals surface area contributed by atoms with E-state index in [0.29, 0.717) is 19.3 Å². The number of allylic oxidation sites excluding steroid dienone is 4. The molecule has 3 saturated carbocycles. The number of hydrogen-bond acceptors (Lipinski definition) is 9. The molecule has 0 aromatic carbocycles. The van der Waals surface area contributed by atoms with Gasteiger partial charge in [-0.05, 0) is 77.0 Å². The van der Waals surface area contributed by atoms with Gasteiger partial charge in [0, 0.05) is 16.7 Å². The van der Waals surface area contributed by atoms with E-state index in [1.165, 1.54) is 0 Å². The van der Waals surface area contributed by atoms with Crippen molar-refractivity contribution in [2.24, 2.45) is 28.6 Å². The number of fused-ring (bicyclic) bond motifs is 7. The number of amides is 2. The number of likely N-dealkylation sites (N-methyl/N-ethyl adjacent to an activating group) is 1. The fraction of sp³-hybridized carbons (Fsp3) is 0.758. The quantitative estimate of drug-likeness (QED) is 0.202. The Kier molecular flexibility index (Phi) is 9.28. The Morgan fingerprint density at radius 2 is 1.93 bits per heavy atom. The van der Waals surface area contributed by atoms with Crippen LogP contribution in [0.4, 0.5) is 0 Å². The van der Waals surface area contributed by atoms with Gasteiger partial charge in [0.25, 0.3) is 0 Å². The van der Waals surface area contributed by atoms with Crippen LogP contribution < -0.4 is 16.0 Å². The van der Waals surface area contributed by atoms with Gasteiger partial charge in [-0.15, -0.1) is 0 Å². The minimum atomic E-state index is -1.28. The summed E-state index contributed by atoms with van der Waals surface area (Å²) in [5.41, 5.74) is -1.32. The van der Waals surface area contributed by atoms with Gasteiger partial charge in [0.15, 0.2) is 23.5 Å². The van der Waals surface area contributed by atoms with E-state index in [1.807, 2.05) is 13.0 Å². The number of hydrogen-bond donors (Lipinski definition) is 4. The van der Waals surface area contributed by atoms with Crippen LogP contribution in [0.2, 0.25) is 0 Å². The Labute approximate surface area is 259 Å². The van der Waals surface area contributed by atoms with Crippen molar-refractivity contribution in [3.05, 3.63) is 23.8 Å². The van der Waals surface area contributed by atoms with E-state index in [4.69, 9.17) is 14.2 Å². The molecule has 4 aliphatic carbocycles. The first kappa shape index (κ1) is 32.9. The molecule has 2 amide bonds. The standard InChI is InChI=1S/C33H49N3O8/c1-7-8-27-43-26-14-23-22-10-9-20-13-21(37)11-12-31(20,4)28(22)24(38)15-32(23,5)33(26,44-27)25(39)16-42-17-35-29(40)19(3)36-30(41)18(2)34-6/h11-13,18-19,22-24,26-28,34,38H,7-10,14-17H2,1-6H3,(H,35,40)(H,36,41)/t18-,19-,22-,23-,24-,26+,27?,28+,31-,32-,33+/m0/s1. The van der Waals surface area contributed by atoms with E-state index >= 15 is 0 Å². The maximum atomic E-state index is 14.2. The maximum absolute atomic E-state index is 14.2. The largest absolute Gasteiger partial charge is 0.393 e. The second-order valence-electron chi connectivity index (χ2n) is 13.8. The lowest BCUT2D eigenvalue weighted by atomic mass is 9.46. The van der Waals surface area contributed by atoms with Crippen LogP contribution >= 0.6 is 0 Å². The first-order valence-corrected chi connectivity index (χ1v) is 16.1. The highest BCUT2D eigenvalue weighted by molar-refractivity contribution is 6.01. The van der Waals surface area contributed by atoms with Crippen molar-refractivity contribution in [3.8, 4) is 0 Å². The summed E-state index contributed by atoms with van der Waals surface area (Å²) in [6, 6.07) is -1.22. The minimum Gasteiger partial charge on any atom is -0.393 e. The van der Waals surface area contributed by atoms with Crippen LogP contribution in [0.25, 0.3) is 0 Å². The summed E-state index contributed by atoms with van der Waals surface area (Å²) in [4.78, 5) is 51.0. The topological polar surface area (TPSA) is 152 Å². The molecule has 11 nitrogen and oxygen atoms in total. The molecule has 1 unspecified atom stereocenters. The molecule has 5 aliphatic rings. The van der Waals surface area contributed by atoms with Crippen LogP contribution in [-0.2, 0) is 33.4 Å². The predicted octanol–water partition coefficient (Wildman–Crippen LogP) is 1.93. The Bertz CT molecular complexity index is 1240. The number of carbonyl (C=O) groups excluding carboxylic acids is 4. The van der Waals surface area contributed by atoms with Gasteiger partial charge in [0.1, 0.15) is 19.4 Å². The molecule has 1 heterocycles. The van der Waals surface area contributed by atoms with Crippen molar-refractivity contribution >= 4 is 23.4 Å². The van der Waals surface area contributed by atoms with Crippen LogP contribution in [0.15, 0.2) is 23.8 Å². The fourth-order valence-electron chi connectivity index (χ4n) is 9.07. The molecular weight excluding hydrogens is 566 g/mol. The van der Waals surface area contributed by atoms with Crippen LogP contribution in [-0.4, -0.2) is 85.1 Å². The van der Waals surface area contributed by atoms with Crippen LogP contribution in [0, 0.1) is 28.6 Å². The molecule has 0 spiro atoms. The van der Waals surface area contributed by atoms with Gasteiger partial charge in [-0.3, -0.25) is 19.2 Å². The average Bonchev–Trinajstić information content (AvgIpc) is 3.46. The van der Waals surface area contributed by atoms with Gasteiger partial charge in [-0.1, -0.05) is 38.8 Å². The lowest BCUT2D eigenvalue weighted by molar-refractivity contribution is -0.201. The molecule has 1 aliphatic heterocycles. The number of aliphatic hydroxyl groups is 1. The number of ketones is 2. The molecule has 11 heteroatoms. The second kappa shape index (κ2) is 12.4. The molecule has 1 saturated heterocycles. The third-order valence-electron chi connectivity index (χ3n) is 11.4. The third kappa shape index (κ3) is 5.28. The fourth-order valence-corrected chi connectivity index (χ4v) is 9.07.